The maximum atomic E-state index is 10.5. The Kier molecular flexibility index (Phi) is 6.35. The summed E-state index contributed by atoms with van der Waals surface area (Å²) < 4.78 is 6.03. The Hall–Kier alpha value is -4.12. The monoisotopic (exact) mass is 469 g/mol. The second-order valence-corrected chi connectivity index (χ2v) is 9.11. The van der Waals surface area contributed by atoms with Crippen LogP contribution in [-0.2, 0) is 0 Å². The Morgan fingerprint density at radius 1 is 0.571 bits per heavy atom. The quantitative estimate of drug-likeness (QED) is 0.277. The molecule has 5 heteroatoms. The van der Waals surface area contributed by atoms with Gasteiger partial charge in [0.2, 0.25) is 0 Å². The lowest BCUT2D eigenvalue weighted by Crippen LogP contribution is -2.15. The van der Waals surface area contributed by atoms with E-state index in [1.807, 2.05) is 84.0 Å². The third-order valence-electron chi connectivity index (χ3n) is 6.37. The number of phenols is 3. The van der Waals surface area contributed by atoms with Crippen LogP contribution in [0.15, 0.2) is 60.7 Å². The molecule has 0 heterocycles. The molecule has 180 valence electrons. The summed E-state index contributed by atoms with van der Waals surface area (Å²) in [6, 6.07) is 18.4. The van der Waals surface area contributed by atoms with Gasteiger partial charge >= 0.3 is 0 Å². The highest BCUT2D eigenvalue weighted by atomic mass is 16.5. The van der Waals surface area contributed by atoms with Gasteiger partial charge in [-0.2, -0.15) is 0 Å². The summed E-state index contributed by atoms with van der Waals surface area (Å²) in [4.78, 5) is 2.06. The minimum atomic E-state index is 0.102. The number of aryl methyl sites for hydroxylation is 4. The van der Waals surface area contributed by atoms with Crippen molar-refractivity contribution in [2.45, 2.75) is 41.5 Å². The van der Waals surface area contributed by atoms with Gasteiger partial charge in [-0.05, 0) is 106 Å². The fraction of sp³-hybridized carbons (Fsp3) is 0.200. The van der Waals surface area contributed by atoms with E-state index >= 15 is 0 Å². The number of nitrogens with zero attached hydrogens (tertiary/aromatic N) is 1. The minimum Gasteiger partial charge on any atom is -0.508 e. The Balaban J connectivity index is 1.85. The zero-order valence-electron chi connectivity index (χ0n) is 21.0. The molecule has 0 atom stereocenters. The van der Waals surface area contributed by atoms with Gasteiger partial charge in [0.15, 0.2) is 11.5 Å². The van der Waals surface area contributed by atoms with Crippen LogP contribution in [0.2, 0.25) is 0 Å². The lowest BCUT2D eigenvalue weighted by atomic mass is 10.0. The number of hydrogen-bond donors (Lipinski definition) is 3. The third-order valence-corrected chi connectivity index (χ3v) is 6.37. The normalized spacial score (nSPS) is 10.9. The zero-order chi connectivity index (χ0) is 25.4. The lowest BCUT2D eigenvalue weighted by molar-refractivity contribution is 0.408. The van der Waals surface area contributed by atoms with Crippen LogP contribution in [0.5, 0.6) is 28.7 Å². The van der Waals surface area contributed by atoms with Gasteiger partial charge in [-0.15, -0.1) is 0 Å². The van der Waals surface area contributed by atoms with Gasteiger partial charge in [0.25, 0.3) is 0 Å². The van der Waals surface area contributed by atoms with Crippen molar-refractivity contribution in [3.8, 4) is 28.7 Å². The molecule has 5 nitrogen and oxygen atoms in total. The maximum absolute atomic E-state index is 10.5. The molecule has 0 aliphatic rings. The zero-order valence-corrected chi connectivity index (χ0v) is 21.0. The average molecular weight is 470 g/mol. The number of rotatable bonds is 5. The summed E-state index contributed by atoms with van der Waals surface area (Å²) in [5.41, 5.74) is 7.82. The fourth-order valence-corrected chi connectivity index (χ4v) is 4.55. The van der Waals surface area contributed by atoms with E-state index in [4.69, 9.17) is 4.74 Å². The second-order valence-electron chi connectivity index (χ2n) is 9.11. The molecule has 3 N–H and O–H groups in total. The van der Waals surface area contributed by atoms with Gasteiger partial charge in [-0.25, -0.2) is 0 Å². The number of anilines is 3. The Bertz CT molecular complexity index is 1330. The Labute approximate surface area is 206 Å². The van der Waals surface area contributed by atoms with Gasteiger partial charge in [0.05, 0.1) is 11.4 Å². The van der Waals surface area contributed by atoms with Crippen LogP contribution in [0.3, 0.4) is 0 Å². The van der Waals surface area contributed by atoms with Crippen molar-refractivity contribution in [1.29, 1.82) is 0 Å². The van der Waals surface area contributed by atoms with Crippen molar-refractivity contribution in [2.24, 2.45) is 0 Å². The summed E-state index contributed by atoms with van der Waals surface area (Å²) >= 11 is 0. The molecule has 0 radical (unpaired) electrons. The number of phenolic OH excluding ortho intramolecular Hbond substituents is 3. The number of hydrogen-bond acceptors (Lipinski definition) is 5. The van der Waals surface area contributed by atoms with Crippen molar-refractivity contribution in [1.82, 2.24) is 0 Å². The van der Waals surface area contributed by atoms with Crippen LogP contribution in [0, 0.1) is 41.5 Å². The molecule has 4 rings (SSSR count). The summed E-state index contributed by atoms with van der Waals surface area (Å²) in [6.45, 7) is 11.6. The molecule has 35 heavy (non-hydrogen) atoms. The van der Waals surface area contributed by atoms with Gasteiger partial charge in [0.1, 0.15) is 17.2 Å². The van der Waals surface area contributed by atoms with E-state index in [2.05, 4.69) is 4.90 Å². The van der Waals surface area contributed by atoms with Gasteiger partial charge in [-0.3, -0.25) is 0 Å². The molecule has 0 fully saturated rings. The van der Waals surface area contributed by atoms with Gasteiger partial charge in [0, 0.05) is 16.8 Å². The van der Waals surface area contributed by atoms with Crippen LogP contribution >= 0.6 is 0 Å². The van der Waals surface area contributed by atoms with E-state index < -0.39 is 0 Å². The first-order valence-corrected chi connectivity index (χ1v) is 11.5. The second kappa shape index (κ2) is 9.26. The van der Waals surface area contributed by atoms with Crippen molar-refractivity contribution in [3.05, 3.63) is 94.0 Å². The van der Waals surface area contributed by atoms with Crippen LogP contribution < -0.4 is 9.64 Å². The Morgan fingerprint density at radius 3 is 1.57 bits per heavy atom. The molecule has 0 saturated carbocycles. The smallest absolute Gasteiger partial charge is 0.171 e. The lowest BCUT2D eigenvalue weighted by Gasteiger charge is -2.31. The van der Waals surface area contributed by atoms with Crippen molar-refractivity contribution < 1.29 is 20.1 Å². The molecule has 0 aliphatic heterocycles. The number of ether oxygens (including phenoxy) is 1. The van der Waals surface area contributed by atoms with Crippen molar-refractivity contribution in [3.63, 3.8) is 0 Å². The van der Waals surface area contributed by atoms with Crippen LogP contribution in [0.25, 0.3) is 0 Å². The Morgan fingerprint density at radius 2 is 1.09 bits per heavy atom. The minimum absolute atomic E-state index is 0.102. The SMILES string of the molecule is Cc1cc(C)c(Oc2ccc(N(c3c(C)ccc(O)c3C)c3c(C)ccc(O)c3C)cc2)c(O)c1. The topological polar surface area (TPSA) is 73.2 Å². The van der Waals surface area contributed by atoms with E-state index in [1.54, 1.807) is 18.2 Å². The molecule has 0 amide bonds. The molecule has 0 unspecified atom stereocenters. The standard InChI is InChI=1S/C30H31NO4/c1-17-15-20(4)30(27(34)16-17)35-24-11-9-23(10-12-24)31(28-18(2)7-13-25(32)21(28)5)29-19(3)8-14-26(33)22(29)6/h7-16,32-34H,1-6H3. The van der Waals surface area contributed by atoms with Crippen molar-refractivity contribution in [2.75, 3.05) is 4.90 Å². The molecule has 0 saturated heterocycles. The van der Waals surface area contributed by atoms with Gasteiger partial charge in [-0.1, -0.05) is 18.2 Å². The summed E-state index contributed by atoms with van der Waals surface area (Å²) in [5.74, 6) is 1.53. The molecule has 0 aliphatic carbocycles. The maximum Gasteiger partial charge on any atom is 0.171 e. The summed E-state index contributed by atoms with van der Waals surface area (Å²) in [7, 11) is 0. The average Bonchev–Trinajstić information content (AvgIpc) is 2.81. The largest absolute Gasteiger partial charge is 0.508 e. The first kappa shape index (κ1) is 24.0. The fourth-order valence-electron chi connectivity index (χ4n) is 4.55. The number of benzene rings is 4. The van der Waals surface area contributed by atoms with Crippen LogP contribution in [0.1, 0.15) is 33.4 Å². The van der Waals surface area contributed by atoms with E-state index in [-0.39, 0.29) is 17.2 Å². The third kappa shape index (κ3) is 4.50. The van der Waals surface area contributed by atoms with Crippen LogP contribution in [0.4, 0.5) is 17.1 Å². The number of aromatic hydroxyl groups is 3. The predicted molar refractivity (Wildman–Crippen MR) is 141 cm³/mol. The van der Waals surface area contributed by atoms with Crippen LogP contribution in [-0.4, -0.2) is 15.3 Å². The van der Waals surface area contributed by atoms with Gasteiger partial charge < -0.3 is 25.0 Å². The molecule has 0 aromatic heterocycles. The highest BCUT2D eigenvalue weighted by molar-refractivity contribution is 5.85. The molecular weight excluding hydrogens is 438 g/mol. The first-order chi connectivity index (χ1) is 16.6. The summed E-state index contributed by atoms with van der Waals surface area (Å²) in [6.07, 6.45) is 0. The van der Waals surface area contributed by atoms with E-state index in [1.165, 1.54) is 0 Å². The molecule has 0 spiro atoms. The highest BCUT2D eigenvalue weighted by Gasteiger charge is 2.23. The summed E-state index contributed by atoms with van der Waals surface area (Å²) in [5, 5.41) is 31.4. The molecule has 4 aromatic rings. The predicted octanol–water partition coefficient (Wildman–Crippen LogP) is 7.92. The van der Waals surface area contributed by atoms with Crippen molar-refractivity contribution >= 4 is 17.1 Å². The highest BCUT2D eigenvalue weighted by Crippen LogP contribution is 2.46. The molecular formula is C30H31NO4. The first-order valence-electron chi connectivity index (χ1n) is 11.5. The van der Waals surface area contributed by atoms with E-state index in [0.29, 0.717) is 11.5 Å². The van der Waals surface area contributed by atoms with E-state index in [0.717, 1.165) is 50.4 Å². The van der Waals surface area contributed by atoms with E-state index in [9.17, 15) is 15.3 Å². The molecule has 0 bridgehead atoms. The molecule has 4 aromatic carbocycles.